The summed E-state index contributed by atoms with van der Waals surface area (Å²) in [7, 11) is 4.48. The zero-order valence-corrected chi connectivity index (χ0v) is 18.6. The van der Waals surface area contributed by atoms with E-state index in [0.29, 0.717) is 53.3 Å². The van der Waals surface area contributed by atoms with E-state index < -0.39 is 10.8 Å². The number of nitrogens with zero attached hydrogens (tertiary/aromatic N) is 2. The van der Waals surface area contributed by atoms with Crippen molar-refractivity contribution in [2.24, 2.45) is 0 Å². The van der Waals surface area contributed by atoms with Crippen LogP contribution in [0.15, 0.2) is 47.7 Å². The standard InChI is InChI=1S/C24H24N2O7/c1-31-14-8-10-18(20(11-14)26(29)30)25-19-5-4-6-21(27)24(19)17(13-23(25)28)16-9-7-15(32-2)12-22(16)33-3/h7-12,17H,4-6,13H2,1-3H3. The lowest BCUT2D eigenvalue weighted by atomic mass is 9.76. The van der Waals surface area contributed by atoms with Crippen LogP contribution in [0.5, 0.6) is 17.2 Å². The topological polar surface area (TPSA) is 108 Å². The van der Waals surface area contributed by atoms with Crippen molar-refractivity contribution in [2.75, 3.05) is 26.2 Å². The number of hydrogen-bond donors (Lipinski definition) is 0. The van der Waals surface area contributed by atoms with Crippen LogP contribution in [0.4, 0.5) is 11.4 Å². The predicted octanol–water partition coefficient (Wildman–Crippen LogP) is 4.15. The maximum atomic E-state index is 13.5. The van der Waals surface area contributed by atoms with E-state index in [1.54, 1.807) is 31.4 Å². The van der Waals surface area contributed by atoms with Gasteiger partial charge in [-0.3, -0.25) is 24.6 Å². The second-order valence-corrected chi connectivity index (χ2v) is 7.84. The SMILES string of the molecule is COc1ccc(C2CC(=O)N(c3ccc(OC)cc3[N+](=O)[O-])C3=C2C(=O)CCC3)c(OC)c1. The molecule has 0 saturated carbocycles. The van der Waals surface area contributed by atoms with Gasteiger partial charge in [-0.15, -0.1) is 0 Å². The van der Waals surface area contributed by atoms with Gasteiger partial charge in [0, 0.05) is 41.7 Å². The van der Waals surface area contributed by atoms with E-state index in [9.17, 15) is 19.7 Å². The van der Waals surface area contributed by atoms with E-state index in [1.165, 1.54) is 31.3 Å². The number of amides is 1. The van der Waals surface area contributed by atoms with E-state index >= 15 is 0 Å². The van der Waals surface area contributed by atoms with Gasteiger partial charge in [0.05, 0.1) is 32.3 Å². The van der Waals surface area contributed by atoms with Crippen LogP contribution in [-0.2, 0) is 9.59 Å². The van der Waals surface area contributed by atoms with Gasteiger partial charge in [-0.1, -0.05) is 6.07 Å². The van der Waals surface area contributed by atoms with Crippen molar-refractivity contribution in [2.45, 2.75) is 31.6 Å². The summed E-state index contributed by atoms with van der Waals surface area (Å²) < 4.78 is 15.9. The van der Waals surface area contributed by atoms with Crippen molar-refractivity contribution >= 4 is 23.1 Å². The number of Topliss-reactive ketones (excluding diaryl/α,β-unsaturated/α-hetero) is 1. The molecule has 0 aromatic heterocycles. The minimum atomic E-state index is -0.547. The van der Waals surface area contributed by atoms with Crippen LogP contribution < -0.4 is 19.1 Å². The lowest BCUT2D eigenvalue weighted by molar-refractivity contribution is -0.384. The van der Waals surface area contributed by atoms with Gasteiger partial charge in [0.1, 0.15) is 22.9 Å². The number of ether oxygens (including phenoxy) is 3. The van der Waals surface area contributed by atoms with Gasteiger partial charge in [0.2, 0.25) is 5.91 Å². The molecule has 2 aromatic carbocycles. The molecule has 0 N–H and O–H groups in total. The van der Waals surface area contributed by atoms with Gasteiger partial charge in [0.25, 0.3) is 5.69 Å². The highest BCUT2D eigenvalue weighted by Gasteiger charge is 2.42. The Labute approximate surface area is 190 Å². The Morgan fingerprint density at radius 1 is 0.970 bits per heavy atom. The number of rotatable bonds is 6. The van der Waals surface area contributed by atoms with Crippen LogP contribution in [0.1, 0.15) is 37.2 Å². The Balaban J connectivity index is 1.90. The zero-order valence-electron chi connectivity index (χ0n) is 18.6. The maximum absolute atomic E-state index is 13.5. The van der Waals surface area contributed by atoms with Crippen LogP contribution in [0.3, 0.4) is 0 Å². The maximum Gasteiger partial charge on any atom is 0.297 e. The summed E-state index contributed by atoms with van der Waals surface area (Å²) in [6, 6.07) is 9.62. The first-order valence-corrected chi connectivity index (χ1v) is 10.5. The molecular weight excluding hydrogens is 428 g/mol. The molecule has 9 nitrogen and oxygen atoms in total. The molecule has 4 rings (SSSR count). The molecule has 0 bridgehead atoms. The first kappa shape index (κ1) is 22.3. The van der Waals surface area contributed by atoms with Crippen LogP contribution >= 0.6 is 0 Å². The number of nitro benzene ring substituents is 1. The third-order valence-electron chi connectivity index (χ3n) is 6.11. The molecule has 0 radical (unpaired) electrons. The van der Waals surface area contributed by atoms with E-state index in [2.05, 4.69) is 0 Å². The van der Waals surface area contributed by atoms with Crippen LogP contribution in [-0.4, -0.2) is 37.9 Å². The molecule has 2 aromatic rings. The molecule has 0 spiro atoms. The number of benzene rings is 2. The highest BCUT2D eigenvalue weighted by atomic mass is 16.6. The molecule has 1 atom stereocenters. The number of allylic oxidation sites excluding steroid dienone is 2. The summed E-state index contributed by atoms with van der Waals surface area (Å²) >= 11 is 0. The third kappa shape index (κ3) is 3.90. The van der Waals surface area contributed by atoms with Crippen molar-refractivity contribution in [3.8, 4) is 17.2 Å². The second kappa shape index (κ2) is 8.93. The fourth-order valence-corrected chi connectivity index (χ4v) is 4.61. The molecule has 1 unspecified atom stereocenters. The van der Waals surface area contributed by atoms with Crippen molar-refractivity contribution in [3.05, 3.63) is 63.3 Å². The van der Waals surface area contributed by atoms with Gasteiger partial charge < -0.3 is 14.2 Å². The van der Waals surface area contributed by atoms with Gasteiger partial charge in [0.15, 0.2) is 5.78 Å². The molecule has 2 aliphatic rings. The molecule has 1 heterocycles. The number of methoxy groups -OCH3 is 3. The summed E-state index contributed by atoms with van der Waals surface area (Å²) in [4.78, 5) is 39.2. The van der Waals surface area contributed by atoms with E-state index in [-0.39, 0.29) is 29.5 Å². The van der Waals surface area contributed by atoms with E-state index in [0.717, 1.165) is 0 Å². The van der Waals surface area contributed by atoms with Crippen molar-refractivity contribution in [3.63, 3.8) is 0 Å². The fourth-order valence-electron chi connectivity index (χ4n) is 4.61. The molecule has 33 heavy (non-hydrogen) atoms. The zero-order chi connectivity index (χ0) is 23.7. The van der Waals surface area contributed by atoms with Gasteiger partial charge in [-0.2, -0.15) is 0 Å². The Morgan fingerprint density at radius 3 is 2.33 bits per heavy atom. The molecule has 1 amide bonds. The summed E-state index contributed by atoms with van der Waals surface area (Å²) in [5, 5.41) is 11.8. The predicted molar refractivity (Wildman–Crippen MR) is 120 cm³/mol. The van der Waals surface area contributed by atoms with E-state index in [4.69, 9.17) is 14.2 Å². The van der Waals surface area contributed by atoms with Gasteiger partial charge in [-0.25, -0.2) is 0 Å². The number of anilines is 1. The molecule has 0 fully saturated rings. The monoisotopic (exact) mass is 452 g/mol. The Kier molecular flexibility index (Phi) is 6.04. The molecule has 172 valence electrons. The van der Waals surface area contributed by atoms with E-state index in [1.807, 2.05) is 0 Å². The second-order valence-electron chi connectivity index (χ2n) is 7.84. The summed E-state index contributed by atoms with van der Waals surface area (Å²) in [5.74, 6) is 0.533. The van der Waals surface area contributed by atoms with Crippen molar-refractivity contribution in [1.29, 1.82) is 0 Å². The van der Waals surface area contributed by atoms with Crippen LogP contribution in [0.25, 0.3) is 0 Å². The number of hydrogen-bond acceptors (Lipinski definition) is 7. The quantitative estimate of drug-likeness (QED) is 0.478. The highest BCUT2D eigenvalue weighted by Crippen LogP contribution is 2.47. The van der Waals surface area contributed by atoms with Gasteiger partial charge >= 0.3 is 0 Å². The van der Waals surface area contributed by atoms with Crippen molar-refractivity contribution in [1.82, 2.24) is 0 Å². The lowest BCUT2D eigenvalue weighted by Crippen LogP contribution is -2.40. The average Bonchev–Trinajstić information content (AvgIpc) is 2.83. The third-order valence-corrected chi connectivity index (χ3v) is 6.11. The molecule has 1 aliphatic carbocycles. The summed E-state index contributed by atoms with van der Waals surface area (Å²) in [5.41, 5.74) is 1.60. The molecule has 9 heteroatoms. The number of nitro groups is 1. The summed E-state index contributed by atoms with van der Waals surface area (Å²) in [6.45, 7) is 0. The number of carbonyl (C=O) groups is 2. The van der Waals surface area contributed by atoms with Gasteiger partial charge in [-0.05, 0) is 31.0 Å². The Bertz CT molecular complexity index is 1170. The lowest BCUT2D eigenvalue weighted by Gasteiger charge is -2.38. The fraction of sp³-hybridized carbons (Fsp3) is 0.333. The first-order valence-electron chi connectivity index (χ1n) is 10.5. The Morgan fingerprint density at radius 2 is 1.67 bits per heavy atom. The van der Waals surface area contributed by atoms with Crippen LogP contribution in [0, 0.1) is 10.1 Å². The largest absolute Gasteiger partial charge is 0.497 e. The number of ketones is 1. The summed E-state index contributed by atoms with van der Waals surface area (Å²) in [6.07, 6.45) is 1.37. The van der Waals surface area contributed by atoms with Crippen LogP contribution in [0.2, 0.25) is 0 Å². The Hall–Kier alpha value is -3.88. The normalized spacial score (nSPS) is 18.2. The smallest absolute Gasteiger partial charge is 0.297 e. The minimum absolute atomic E-state index is 0.0174. The molecule has 0 saturated heterocycles. The molecule has 1 aliphatic heterocycles. The average molecular weight is 452 g/mol. The number of carbonyl (C=O) groups excluding carboxylic acids is 2. The minimum Gasteiger partial charge on any atom is -0.497 e. The van der Waals surface area contributed by atoms with Crippen molar-refractivity contribution < 1.29 is 28.7 Å². The highest BCUT2D eigenvalue weighted by molar-refractivity contribution is 6.08. The first-order chi connectivity index (χ1) is 15.9. The molecular formula is C24H24N2O7.